The van der Waals surface area contributed by atoms with E-state index < -0.39 is 41.2 Å². The summed E-state index contributed by atoms with van der Waals surface area (Å²) in [4.78, 5) is 53.7. The fraction of sp³-hybridized carbons (Fsp3) is 0.100. The van der Waals surface area contributed by atoms with Gasteiger partial charge in [0.15, 0.2) is 11.2 Å². The van der Waals surface area contributed by atoms with Crippen LogP contribution in [0.4, 0.5) is 9.93 Å². The summed E-state index contributed by atoms with van der Waals surface area (Å²) >= 11 is 0.801. The molecule has 208 valence electrons. The van der Waals surface area contributed by atoms with Gasteiger partial charge in [-0.3, -0.25) is 14.9 Å². The van der Waals surface area contributed by atoms with Crippen LogP contribution in [0.3, 0.4) is 0 Å². The first-order valence-electron chi connectivity index (χ1n) is 12.2. The summed E-state index contributed by atoms with van der Waals surface area (Å²) in [5.74, 6) is -4.55. The van der Waals surface area contributed by atoms with Crippen LogP contribution >= 0.6 is 11.3 Å². The highest BCUT2D eigenvalue weighted by Gasteiger charge is 2.48. The minimum atomic E-state index is -2.74. The molecule has 3 N–H and O–H groups in total. The molecule has 0 radical (unpaired) electrons. The molecule has 11 heteroatoms. The minimum absolute atomic E-state index is 0.0170. The van der Waals surface area contributed by atoms with Gasteiger partial charge in [0.05, 0.1) is 5.69 Å². The molecule has 0 atom stereocenters. The Morgan fingerprint density at radius 3 is 1.93 bits per heavy atom. The van der Waals surface area contributed by atoms with Crippen molar-refractivity contribution in [3.63, 3.8) is 0 Å². The molecule has 10 nitrogen and oxygen atoms in total. The van der Waals surface area contributed by atoms with Crippen molar-refractivity contribution in [3.8, 4) is 0 Å². The van der Waals surface area contributed by atoms with Crippen molar-refractivity contribution in [2.24, 2.45) is 0 Å². The van der Waals surface area contributed by atoms with Gasteiger partial charge >= 0.3 is 24.0 Å². The number of rotatable bonds is 11. The molecule has 0 spiro atoms. The third-order valence-corrected chi connectivity index (χ3v) is 6.67. The second-order valence-corrected chi connectivity index (χ2v) is 9.47. The van der Waals surface area contributed by atoms with E-state index in [-0.39, 0.29) is 11.7 Å². The molecule has 4 aromatic rings. The van der Waals surface area contributed by atoms with Gasteiger partial charge in [-0.2, -0.15) is 0 Å². The smallest absolute Gasteiger partial charge is 0.413 e. The number of carbonyl (C=O) groups is 4. The SMILES string of the molecule is O=C(/C=C/C(C(=O)O)(C(=O)O)c1csc(NC(=O)OCc2ccccc2)n1)OC(c1ccccc1)c1ccccc1. The van der Waals surface area contributed by atoms with Crippen LogP contribution in [-0.4, -0.2) is 39.2 Å². The zero-order chi connectivity index (χ0) is 29.2. The number of anilines is 1. The molecular weight excluding hydrogens is 548 g/mol. The van der Waals surface area contributed by atoms with Crippen LogP contribution < -0.4 is 5.32 Å². The molecule has 41 heavy (non-hydrogen) atoms. The predicted octanol–water partition coefficient (Wildman–Crippen LogP) is 5.19. The number of nitrogens with one attached hydrogen (secondary N) is 1. The monoisotopic (exact) mass is 572 g/mol. The van der Waals surface area contributed by atoms with Crippen LogP contribution in [0.2, 0.25) is 0 Å². The number of carboxylic acid groups (broad SMARTS) is 2. The molecule has 0 fully saturated rings. The van der Waals surface area contributed by atoms with E-state index in [2.05, 4.69) is 10.3 Å². The van der Waals surface area contributed by atoms with Crippen LogP contribution in [0, 0.1) is 0 Å². The third-order valence-electron chi connectivity index (χ3n) is 5.91. The average molecular weight is 573 g/mol. The lowest BCUT2D eigenvalue weighted by Gasteiger charge is -2.20. The van der Waals surface area contributed by atoms with E-state index in [1.54, 1.807) is 84.9 Å². The van der Waals surface area contributed by atoms with Crippen LogP contribution in [0.15, 0.2) is 109 Å². The summed E-state index contributed by atoms with van der Waals surface area (Å²) in [6.45, 7) is -0.0170. The topological polar surface area (TPSA) is 152 Å². The Bertz CT molecular complexity index is 1480. The highest BCUT2D eigenvalue weighted by Crippen LogP contribution is 2.31. The molecule has 0 aliphatic carbocycles. The van der Waals surface area contributed by atoms with E-state index in [1.807, 2.05) is 6.07 Å². The molecule has 4 rings (SSSR count). The summed E-state index contributed by atoms with van der Waals surface area (Å²) in [7, 11) is 0. The first-order valence-corrected chi connectivity index (χ1v) is 13.1. The number of carboxylic acids is 2. The van der Waals surface area contributed by atoms with Crippen molar-refractivity contribution in [2.45, 2.75) is 18.1 Å². The van der Waals surface area contributed by atoms with Gasteiger partial charge in [0.25, 0.3) is 0 Å². The van der Waals surface area contributed by atoms with Crippen LogP contribution in [-0.2, 0) is 35.9 Å². The van der Waals surface area contributed by atoms with Crippen molar-refractivity contribution >= 4 is 40.5 Å². The van der Waals surface area contributed by atoms with Gasteiger partial charge in [-0.1, -0.05) is 91.0 Å². The Labute approximate surface area is 238 Å². The Hall–Kier alpha value is -5.29. The third kappa shape index (κ3) is 7.02. The molecule has 1 amide bonds. The summed E-state index contributed by atoms with van der Waals surface area (Å²) < 4.78 is 10.8. The molecule has 1 heterocycles. The number of nitrogens with zero attached hydrogens (tertiary/aromatic N) is 1. The summed E-state index contributed by atoms with van der Waals surface area (Å²) in [5.41, 5.74) is -1.09. The molecular formula is C30H24N2O8S. The first-order chi connectivity index (χ1) is 19.8. The second kappa shape index (κ2) is 13.2. The van der Waals surface area contributed by atoms with Gasteiger partial charge in [-0.15, -0.1) is 11.3 Å². The Kier molecular flexibility index (Phi) is 9.23. The lowest BCUT2D eigenvalue weighted by atomic mass is 9.84. The Balaban J connectivity index is 1.53. The molecule has 3 aromatic carbocycles. The highest BCUT2D eigenvalue weighted by atomic mass is 32.1. The van der Waals surface area contributed by atoms with Crippen molar-refractivity contribution < 1.29 is 38.9 Å². The number of carbonyl (C=O) groups excluding carboxylic acids is 2. The number of hydrogen-bond donors (Lipinski definition) is 3. The molecule has 0 aliphatic rings. The number of hydrogen-bond acceptors (Lipinski definition) is 8. The van der Waals surface area contributed by atoms with Gasteiger partial charge < -0.3 is 19.7 Å². The standard InChI is InChI=1S/C30H24N2O8S/c33-24(40-25(21-12-6-2-7-13-21)22-14-8-3-9-15-22)16-17-30(26(34)35,27(36)37)23-19-41-28(31-23)32-29(38)39-18-20-10-4-1-5-11-20/h1-17,19,25H,18H2,(H,34,35)(H,36,37)(H,31,32,38)/b17-16+. The van der Waals surface area contributed by atoms with Gasteiger partial charge in [0, 0.05) is 11.5 Å². The number of thiazole rings is 1. The van der Waals surface area contributed by atoms with Crippen molar-refractivity contribution in [1.29, 1.82) is 0 Å². The van der Waals surface area contributed by atoms with E-state index in [9.17, 15) is 29.4 Å². The minimum Gasteiger partial charge on any atom is -0.480 e. The molecule has 0 unspecified atom stereocenters. The van der Waals surface area contributed by atoms with Crippen molar-refractivity contribution in [1.82, 2.24) is 4.98 Å². The molecule has 1 aromatic heterocycles. The van der Waals surface area contributed by atoms with E-state index in [4.69, 9.17) is 9.47 Å². The fourth-order valence-corrected chi connectivity index (χ4v) is 4.59. The summed E-state index contributed by atoms with van der Waals surface area (Å²) in [6.07, 6.45) is -0.227. The maximum atomic E-state index is 12.9. The predicted molar refractivity (Wildman–Crippen MR) is 149 cm³/mol. The summed E-state index contributed by atoms with van der Waals surface area (Å²) in [6, 6.07) is 26.7. The largest absolute Gasteiger partial charge is 0.480 e. The van der Waals surface area contributed by atoms with Crippen LogP contribution in [0.5, 0.6) is 0 Å². The van der Waals surface area contributed by atoms with Crippen molar-refractivity contribution in [2.75, 3.05) is 5.32 Å². The number of aromatic nitrogens is 1. The lowest BCUT2D eigenvalue weighted by Crippen LogP contribution is -2.42. The Morgan fingerprint density at radius 1 is 0.854 bits per heavy atom. The average Bonchev–Trinajstić information content (AvgIpc) is 3.44. The van der Waals surface area contributed by atoms with Crippen LogP contribution in [0.1, 0.15) is 28.5 Å². The Morgan fingerprint density at radius 2 is 1.39 bits per heavy atom. The summed E-state index contributed by atoms with van der Waals surface area (Å²) in [5, 5.41) is 23.4. The maximum absolute atomic E-state index is 12.9. The van der Waals surface area contributed by atoms with E-state index in [0.717, 1.165) is 23.0 Å². The second-order valence-electron chi connectivity index (χ2n) is 8.61. The highest BCUT2D eigenvalue weighted by molar-refractivity contribution is 7.14. The van der Waals surface area contributed by atoms with Crippen LogP contribution in [0.25, 0.3) is 0 Å². The quantitative estimate of drug-likeness (QED) is 0.125. The van der Waals surface area contributed by atoms with Crippen molar-refractivity contribution in [3.05, 3.63) is 131 Å². The van der Waals surface area contributed by atoms with Gasteiger partial charge in [-0.25, -0.2) is 14.6 Å². The first kappa shape index (κ1) is 28.7. The molecule has 0 bridgehead atoms. The molecule has 0 saturated heterocycles. The molecule has 0 saturated carbocycles. The van der Waals surface area contributed by atoms with E-state index in [1.165, 1.54) is 5.38 Å². The lowest BCUT2D eigenvalue weighted by molar-refractivity contribution is -0.154. The van der Waals surface area contributed by atoms with Gasteiger partial charge in [0.1, 0.15) is 6.61 Å². The maximum Gasteiger partial charge on any atom is 0.413 e. The molecule has 0 aliphatic heterocycles. The fourth-order valence-electron chi connectivity index (χ4n) is 3.83. The van der Waals surface area contributed by atoms with E-state index >= 15 is 0 Å². The zero-order valence-corrected chi connectivity index (χ0v) is 22.2. The van der Waals surface area contributed by atoms with Gasteiger partial charge in [0.2, 0.25) is 5.41 Å². The number of amides is 1. The van der Waals surface area contributed by atoms with E-state index in [0.29, 0.717) is 17.2 Å². The van der Waals surface area contributed by atoms with Gasteiger partial charge in [-0.05, 0) is 22.8 Å². The zero-order valence-electron chi connectivity index (χ0n) is 21.4. The number of esters is 1. The number of aliphatic carboxylic acids is 2. The number of benzene rings is 3. The number of ether oxygens (including phenoxy) is 2. The normalized spacial score (nSPS) is 11.2.